The zero-order chi connectivity index (χ0) is 20.3. The van der Waals surface area contributed by atoms with E-state index < -0.39 is 21.9 Å². The van der Waals surface area contributed by atoms with E-state index in [-0.39, 0.29) is 4.90 Å². The Balaban J connectivity index is 2.15. The summed E-state index contributed by atoms with van der Waals surface area (Å²) >= 11 is 0. The minimum absolute atomic E-state index is 0.0325. The SMILES string of the molecule is COc1cccc(C(C)N(c2cccc(C)c2)S(=O)(=O)c2ccc(F)cc2)c1. The molecule has 6 heteroatoms. The maximum absolute atomic E-state index is 13.5. The predicted octanol–water partition coefficient (Wildman–Crippen LogP) is 5.10. The van der Waals surface area contributed by atoms with Gasteiger partial charge in [-0.2, -0.15) is 0 Å². The predicted molar refractivity (Wildman–Crippen MR) is 109 cm³/mol. The fourth-order valence-electron chi connectivity index (χ4n) is 3.09. The molecule has 1 atom stereocenters. The maximum Gasteiger partial charge on any atom is 0.264 e. The zero-order valence-electron chi connectivity index (χ0n) is 16.0. The number of ether oxygens (including phenoxy) is 1. The minimum Gasteiger partial charge on any atom is -0.497 e. The molecule has 0 heterocycles. The van der Waals surface area contributed by atoms with Gasteiger partial charge in [-0.15, -0.1) is 0 Å². The molecule has 0 N–H and O–H groups in total. The van der Waals surface area contributed by atoms with Crippen LogP contribution in [-0.4, -0.2) is 15.5 Å². The average Bonchev–Trinajstić information content (AvgIpc) is 2.68. The van der Waals surface area contributed by atoms with Crippen LogP contribution in [0.2, 0.25) is 0 Å². The smallest absolute Gasteiger partial charge is 0.264 e. The molecule has 1 unspecified atom stereocenters. The van der Waals surface area contributed by atoms with Crippen LogP contribution in [-0.2, 0) is 10.0 Å². The first-order valence-corrected chi connectivity index (χ1v) is 10.3. The lowest BCUT2D eigenvalue weighted by Crippen LogP contribution is -2.33. The number of methoxy groups -OCH3 is 1. The van der Waals surface area contributed by atoms with Gasteiger partial charge in [-0.3, -0.25) is 4.31 Å². The van der Waals surface area contributed by atoms with Crippen molar-refractivity contribution < 1.29 is 17.5 Å². The van der Waals surface area contributed by atoms with Crippen molar-refractivity contribution in [3.05, 3.63) is 89.7 Å². The summed E-state index contributed by atoms with van der Waals surface area (Å²) in [5.41, 5.74) is 2.26. The molecular weight excluding hydrogens is 377 g/mol. The third kappa shape index (κ3) is 4.02. The van der Waals surface area contributed by atoms with Gasteiger partial charge in [0.1, 0.15) is 11.6 Å². The number of halogens is 1. The molecule has 4 nitrogen and oxygen atoms in total. The van der Waals surface area contributed by atoms with E-state index in [1.807, 2.05) is 56.3 Å². The molecule has 0 radical (unpaired) electrons. The first-order valence-electron chi connectivity index (χ1n) is 8.83. The molecule has 0 aromatic heterocycles. The summed E-state index contributed by atoms with van der Waals surface area (Å²) in [6, 6.07) is 19.0. The number of sulfonamides is 1. The molecule has 28 heavy (non-hydrogen) atoms. The van der Waals surface area contributed by atoms with Gasteiger partial charge in [-0.05, 0) is 73.5 Å². The lowest BCUT2D eigenvalue weighted by Gasteiger charge is -2.31. The molecule has 0 fully saturated rings. The van der Waals surface area contributed by atoms with Gasteiger partial charge in [0.2, 0.25) is 0 Å². The van der Waals surface area contributed by atoms with Crippen LogP contribution in [0.15, 0.2) is 77.7 Å². The van der Waals surface area contributed by atoms with Crippen molar-refractivity contribution >= 4 is 15.7 Å². The summed E-state index contributed by atoms with van der Waals surface area (Å²) in [5, 5.41) is 0. The summed E-state index contributed by atoms with van der Waals surface area (Å²) in [4.78, 5) is 0.0325. The van der Waals surface area contributed by atoms with Crippen molar-refractivity contribution in [2.45, 2.75) is 24.8 Å². The van der Waals surface area contributed by atoms with Gasteiger partial charge in [-0.1, -0.05) is 24.3 Å². The fraction of sp³-hybridized carbons (Fsp3) is 0.182. The van der Waals surface area contributed by atoms with E-state index >= 15 is 0 Å². The molecule has 0 saturated heterocycles. The second kappa shape index (κ2) is 8.02. The maximum atomic E-state index is 13.5. The number of hydrogen-bond acceptors (Lipinski definition) is 3. The van der Waals surface area contributed by atoms with Crippen molar-refractivity contribution in [3.8, 4) is 5.75 Å². The molecule has 3 rings (SSSR count). The topological polar surface area (TPSA) is 46.6 Å². The lowest BCUT2D eigenvalue weighted by atomic mass is 10.1. The van der Waals surface area contributed by atoms with Crippen molar-refractivity contribution in [2.75, 3.05) is 11.4 Å². The Morgan fingerprint density at radius 2 is 1.64 bits per heavy atom. The second-order valence-corrected chi connectivity index (χ2v) is 8.36. The fourth-order valence-corrected chi connectivity index (χ4v) is 4.73. The van der Waals surface area contributed by atoms with Gasteiger partial charge in [0.05, 0.1) is 23.7 Å². The highest BCUT2D eigenvalue weighted by Gasteiger charge is 2.30. The third-order valence-corrected chi connectivity index (χ3v) is 6.47. The molecule has 3 aromatic carbocycles. The Hall–Kier alpha value is -2.86. The molecule has 0 spiro atoms. The number of hydrogen-bond donors (Lipinski definition) is 0. The Morgan fingerprint density at radius 3 is 2.29 bits per heavy atom. The summed E-state index contributed by atoms with van der Waals surface area (Å²) < 4.78 is 47.0. The van der Waals surface area contributed by atoms with Crippen LogP contribution in [0, 0.1) is 12.7 Å². The van der Waals surface area contributed by atoms with Gasteiger partial charge in [0.25, 0.3) is 10.0 Å². The Morgan fingerprint density at radius 1 is 0.964 bits per heavy atom. The van der Waals surface area contributed by atoms with Crippen LogP contribution in [0.4, 0.5) is 10.1 Å². The number of benzene rings is 3. The molecule has 0 saturated carbocycles. The average molecular weight is 399 g/mol. The van der Waals surface area contributed by atoms with Crippen molar-refractivity contribution in [3.63, 3.8) is 0 Å². The van der Waals surface area contributed by atoms with Crippen LogP contribution in [0.5, 0.6) is 5.75 Å². The summed E-state index contributed by atoms with van der Waals surface area (Å²) in [6.07, 6.45) is 0. The molecule has 0 amide bonds. The molecule has 3 aromatic rings. The van der Waals surface area contributed by atoms with E-state index in [1.165, 1.54) is 16.4 Å². The number of aryl methyl sites for hydroxylation is 1. The van der Waals surface area contributed by atoms with Crippen LogP contribution in [0.3, 0.4) is 0 Å². The summed E-state index contributed by atoms with van der Waals surface area (Å²) in [7, 11) is -2.36. The molecule has 0 aliphatic rings. The van der Waals surface area contributed by atoms with E-state index in [2.05, 4.69) is 0 Å². The summed E-state index contributed by atoms with van der Waals surface area (Å²) in [6.45, 7) is 3.72. The van der Waals surface area contributed by atoms with E-state index in [9.17, 15) is 12.8 Å². The summed E-state index contributed by atoms with van der Waals surface area (Å²) in [5.74, 6) is 0.162. The van der Waals surface area contributed by atoms with Crippen molar-refractivity contribution in [1.29, 1.82) is 0 Å². The first-order chi connectivity index (χ1) is 13.3. The molecular formula is C22H22FNO3S. The van der Waals surface area contributed by atoms with Gasteiger partial charge < -0.3 is 4.74 Å². The standard InChI is InChI=1S/C22H22FNO3S/c1-16-6-4-8-20(14-16)24(17(2)18-7-5-9-21(15-18)27-3)28(25,26)22-12-10-19(23)11-13-22/h4-15,17H,1-3H3. The normalized spacial score (nSPS) is 12.4. The van der Waals surface area contributed by atoms with Crippen LogP contribution < -0.4 is 9.04 Å². The van der Waals surface area contributed by atoms with E-state index in [1.54, 1.807) is 13.2 Å². The quantitative estimate of drug-likeness (QED) is 0.579. The highest BCUT2D eigenvalue weighted by atomic mass is 32.2. The highest BCUT2D eigenvalue weighted by Crippen LogP contribution is 2.34. The van der Waals surface area contributed by atoms with E-state index in [0.717, 1.165) is 23.3 Å². The molecule has 0 bridgehead atoms. The second-order valence-electron chi connectivity index (χ2n) is 6.55. The van der Waals surface area contributed by atoms with Crippen molar-refractivity contribution in [1.82, 2.24) is 0 Å². The molecule has 0 aliphatic carbocycles. The van der Waals surface area contributed by atoms with Crippen molar-refractivity contribution in [2.24, 2.45) is 0 Å². The molecule has 146 valence electrons. The Bertz CT molecular complexity index is 1070. The van der Waals surface area contributed by atoms with Gasteiger partial charge >= 0.3 is 0 Å². The molecule has 0 aliphatic heterocycles. The number of nitrogens with zero attached hydrogens (tertiary/aromatic N) is 1. The van der Waals surface area contributed by atoms with E-state index in [0.29, 0.717) is 11.4 Å². The van der Waals surface area contributed by atoms with Crippen LogP contribution >= 0.6 is 0 Å². The van der Waals surface area contributed by atoms with Crippen LogP contribution in [0.1, 0.15) is 24.1 Å². The van der Waals surface area contributed by atoms with Gasteiger partial charge in [-0.25, -0.2) is 12.8 Å². The lowest BCUT2D eigenvalue weighted by molar-refractivity contribution is 0.414. The minimum atomic E-state index is -3.93. The monoisotopic (exact) mass is 399 g/mol. The first kappa shape index (κ1) is 19.9. The van der Waals surface area contributed by atoms with Crippen LogP contribution in [0.25, 0.3) is 0 Å². The largest absolute Gasteiger partial charge is 0.497 e. The third-order valence-electron chi connectivity index (χ3n) is 4.55. The highest BCUT2D eigenvalue weighted by molar-refractivity contribution is 7.92. The zero-order valence-corrected chi connectivity index (χ0v) is 16.8. The number of rotatable bonds is 6. The Labute approximate surface area is 165 Å². The van der Waals surface area contributed by atoms with Gasteiger partial charge in [0.15, 0.2) is 0 Å². The Kier molecular flexibility index (Phi) is 5.70. The van der Waals surface area contributed by atoms with E-state index in [4.69, 9.17) is 4.74 Å². The van der Waals surface area contributed by atoms with Gasteiger partial charge in [0, 0.05) is 0 Å². The number of anilines is 1.